The second-order valence-electron chi connectivity index (χ2n) is 9.67. The van der Waals surface area contributed by atoms with Gasteiger partial charge in [-0.25, -0.2) is 9.67 Å². The zero-order valence-corrected chi connectivity index (χ0v) is 20.8. The number of carbonyl (C=O) groups is 2. The molecule has 5 heterocycles. The summed E-state index contributed by atoms with van der Waals surface area (Å²) >= 11 is 1.50. The van der Waals surface area contributed by atoms with Crippen molar-refractivity contribution in [3.63, 3.8) is 0 Å². The molecule has 9 nitrogen and oxygen atoms in total. The molecule has 35 heavy (non-hydrogen) atoms. The van der Waals surface area contributed by atoms with Crippen molar-refractivity contribution in [1.29, 1.82) is 0 Å². The van der Waals surface area contributed by atoms with Gasteiger partial charge >= 0.3 is 0 Å². The van der Waals surface area contributed by atoms with Crippen LogP contribution in [0.4, 0.5) is 5.82 Å². The topological polar surface area (TPSA) is 105 Å². The lowest BCUT2D eigenvalue weighted by molar-refractivity contribution is 0.0730. The van der Waals surface area contributed by atoms with Gasteiger partial charge in [0.05, 0.1) is 37.2 Å². The zero-order valence-electron chi connectivity index (χ0n) is 20.0. The third kappa shape index (κ3) is 4.35. The van der Waals surface area contributed by atoms with Crippen LogP contribution in [0.2, 0.25) is 0 Å². The van der Waals surface area contributed by atoms with Crippen LogP contribution in [0.3, 0.4) is 0 Å². The molecule has 2 N–H and O–H groups in total. The summed E-state index contributed by atoms with van der Waals surface area (Å²) in [5.74, 6) is 0.286. The molecule has 1 aliphatic rings. The number of anilines is 1. The van der Waals surface area contributed by atoms with Crippen molar-refractivity contribution in [2.75, 3.05) is 18.5 Å². The summed E-state index contributed by atoms with van der Waals surface area (Å²) in [6.45, 7) is 7.38. The molecule has 0 unspecified atom stereocenters. The quantitative estimate of drug-likeness (QED) is 0.445. The Bertz CT molecular complexity index is 1410. The van der Waals surface area contributed by atoms with Crippen molar-refractivity contribution in [1.82, 2.24) is 24.1 Å². The molecule has 1 aliphatic heterocycles. The molecule has 2 amide bonds. The van der Waals surface area contributed by atoms with Crippen molar-refractivity contribution in [2.24, 2.45) is 0 Å². The first kappa shape index (κ1) is 23.3. The Balaban J connectivity index is 1.34. The molecule has 0 saturated carbocycles. The van der Waals surface area contributed by atoms with E-state index in [1.54, 1.807) is 15.3 Å². The molecular formula is C25H28N6O3S. The van der Waals surface area contributed by atoms with E-state index in [1.165, 1.54) is 11.3 Å². The van der Waals surface area contributed by atoms with Crippen molar-refractivity contribution >= 4 is 34.6 Å². The van der Waals surface area contributed by atoms with Gasteiger partial charge < -0.3 is 15.3 Å². The fourth-order valence-corrected chi connectivity index (χ4v) is 5.37. The normalized spacial score (nSPS) is 13.8. The summed E-state index contributed by atoms with van der Waals surface area (Å²) in [4.78, 5) is 33.6. The number of carbonyl (C=O) groups excluding carboxylic acids is 2. The van der Waals surface area contributed by atoms with Crippen LogP contribution in [0.25, 0.3) is 5.65 Å². The van der Waals surface area contributed by atoms with E-state index >= 15 is 0 Å². The van der Waals surface area contributed by atoms with Crippen LogP contribution in [0, 0.1) is 0 Å². The van der Waals surface area contributed by atoms with Crippen LogP contribution in [0.1, 0.15) is 57.8 Å². The number of rotatable bonds is 5. The Morgan fingerprint density at radius 2 is 2.09 bits per heavy atom. The molecule has 0 spiro atoms. The second kappa shape index (κ2) is 8.94. The average molecular weight is 493 g/mol. The van der Waals surface area contributed by atoms with Crippen molar-refractivity contribution in [2.45, 2.75) is 45.7 Å². The first-order valence-electron chi connectivity index (χ1n) is 11.6. The van der Waals surface area contributed by atoms with Crippen LogP contribution in [0.5, 0.6) is 0 Å². The highest BCUT2D eigenvalue weighted by Crippen LogP contribution is 2.31. The summed E-state index contributed by atoms with van der Waals surface area (Å²) in [6.07, 6.45) is 4.06. The van der Waals surface area contributed by atoms with Gasteiger partial charge in [0.1, 0.15) is 17.2 Å². The number of nitrogens with one attached hydrogen (secondary N) is 1. The van der Waals surface area contributed by atoms with Gasteiger partial charge in [-0.15, -0.1) is 11.3 Å². The molecule has 0 aliphatic carbocycles. The van der Waals surface area contributed by atoms with E-state index in [4.69, 9.17) is 0 Å². The van der Waals surface area contributed by atoms with E-state index < -0.39 is 0 Å². The number of imidazole rings is 1. The van der Waals surface area contributed by atoms with Gasteiger partial charge in [-0.3, -0.25) is 14.0 Å². The number of hydrogen-bond acceptors (Lipinski definition) is 6. The van der Waals surface area contributed by atoms with E-state index in [9.17, 15) is 14.7 Å². The molecule has 0 aromatic carbocycles. The van der Waals surface area contributed by atoms with Crippen LogP contribution in [-0.2, 0) is 24.9 Å². The zero-order chi connectivity index (χ0) is 24.7. The molecule has 0 saturated heterocycles. The molecule has 5 rings (SSSR count). The fourth-order valence-electron chi connectivity index (χ4n) is 4.28. The summed E-state index contributed by atoms with van der Waals surface area (Å²) in [5.41, 5.74) is 3.54. The van der Waals surface area contributed by atoms with E-state index in [0.717, 1.165) is 21.8 Å². The standard InChI is InChI=1S/C25H28N6O3S/c1-25(2,3)20-12-22(31(28-20)10-11-32)27-23(33)17-15-35-19-14-29(9-7-16(17)19)24(34)18-13-26-21-6-4-5-8-30(18)21/h4-6,8,12-13,15,32H,7,9-11,14H2,1-3H3,(H,27,33). The number of aromatic nitrogens is 4. The monoisotopic (exact) mass is 492 g/mol. The minimum atomic E-state index is -0.205. The third-order valence-electron chi connectivity index (χ3n) is 6.22. The number of nitrogens with zero attached hydrogens (tertiary/aromatic N) is 5. The maximum atomic E-state index is 13.2. The Kier molecular flexibility index (Phi) is 5.94. The van der Waals surface area contributed by atoms with Crippen LogP contribution in [-0.4, -0.2) is 54.1 Å². The molecule has 10 heteroatoms. The summed E-state index contributed by atoms with van der Waals surface area (Å²) < 4.78 is 3.43. The molecule has 0 radical (unpaired) electrons. The SMILES string of the molecule is CC(C)(C)c1cc(NC(=O)c2csc3c2CCN(C(=O)c2cnc4ccccn24)C3)n(CCO)n1. The number of aliphatic hydroxyl groups excluding tert-OH is 1. The van der Waals surface area contributed by atoms with Crippen molar-refractivity contribution in [3.8, 4) is 0 Å². The largest absolute Gasteiger partial charge is 0.394 e. The third-order valence-corrected chi connectivity index (χ3v) is 7.23. The van der Waals surface area contributed by atoms with Gasteiger partial charge in [0.2, 0.25) is 0 Å². The number of fused-ring (bicyclic) bond motifs is 2. The molecule has 0 fully saturated rings. The molecule has 4 aromatic rings. The Hall–Kier alpha value is -3.50. The number of amides is 2. The number of thiophene rings is 1. The van der Waals surface area contributed by atoms with Gasteiger partial charge in [-0.1, -0.05) is 26.8 Å². The predicted molar refractivity (Wildman–Crippen MR) is 134 cm³/mol. The molecule has 4 aromatic heterocycles. The van der Waals surface area contributed by atoms with Gasteiger partial charge in [-0.2, -0.15) is 5.10 Å². The van der Waals surface area contributed by atoms with Crippen molar-refractivity contribution < 1.29 is 14.7 Å². The highest BCUT2D eigenvalue weighted by Gasteiger charge is 2.29. The minimum Gasteiger partial charge on any atom is -0.394 e. The van der Waals surface area contributed by atoms with Crippen LogP contribution < -0.4 is 5.32 Å². The maximum Gasteiger partial charge on any atom is 0.272 e. The first-order chi connectivity index (χ1) is 16.8. The fraction of sp³-hybridized carbons (Fsp3) is 0.360. The molecular weight excluding hydrogens is 464 g/mol. The lowest BCUT2D eigenvalue weighted by Crippen LogP contribution is -2.36. The van der Waals surface area contributed by atoms with Crippen LogP contribution in [0.15, 0.2) is 42.0 Å². The smallest absolute Gasteiger partial charge is 0.272 e. The number of aliphatic hydroxyl groups is 1. The van der Waals surface area contributed by atoms with E-state index in [1.807, 2.05) is 40.7 Å². The Morgan fingerprint density at radius 3 is 2.86 bits per heavy atom. The highest BCUT2D eigenvalue weighted by atomic mass is 32.1. The van der Waals surface area contributed by atoms with E-state index in [2.05, 4.69) is 36.2 Å². The van der Waals surface area contributed by atoms with Crippen LogP contribution >= 0.6 is 11.3 Å². The lowest BCUT2D eigenvalue weighted by Gasteiger charge is -2.27. The summed E-state index contributed by atoms with van der Waals surface area (Å²) in [7, 11) is 0. The number of hydrogen-bond donors (Lipinski definition) is 2. The second-order valence-corrected chi connectivity index (χ2v) is 10.6. The maximum absolute atomic E-state index is 13.2. The van der Waals surface area contributed by atoms with Crippen molar-refractivity contribution in [3.05, 3.63) is 69.4 Å². The van der Waals surface area contributed by atoms with Gasteiger partial charge in [-0.05, 0) is 24.1 Å². The molecule has 0 bridgehead atoms. The molecule has 0 atom stereocenters. The highest BCUT2D eigenvalue weighted by molar-refractivity contribution is 7.10. The first-order valence-corrected chi connectivity index (χ1v) is 12.5. The van der Waals surface area contributed by atoms with E-state index in [0.29, 0.717) is 43.1 Å². The number of pyridine rings is 1. The minimum absolute atomic E-state index is 0.0711. The Labute approximate surface area is 207 Å². The van der Waals surface area contributed by atoms with E-state index in [-0.39, 0.29) is 23.8 Å². The van der Waals surface area contributed by atoms with Gasteiger partial charge in [0.25, 0.3) is 11.8 Å². The lowest BCUT2D eigenvalue weighted by atomic mass is 9.92. The summed E-state index contributed by atoms with van der Waals surface area (Å²) in [6, 6.07) is 7.50. The van der Waals surface area contributed by atoms with Gasteiger partial charge in [0, 0.05) is 34.5 Å². The average Bonchev–Trinajstić information content (AvgIpc) is 3.55. The Morgan fingerprint density at radius 1 is 1.26 bits per heavy atom. The van der Waals surface area contributed by atoms with Gasteiger partial charge in [0.15, 0.2) is 0 Å². The predicted octanol–water partition coefficient (Wildman–Crippen LogP) is 3.33. The molecule has 182 valence electrons. The summed E-state index contributed by atoms with van der Waals surface area (Å²) in [5, 5.41) is 18.8.